The second-order valence-electron chi connectivity index (χ2n) is 6.77. The number of aryl methyl sites for hydroxylation is 1. The minimum Gasteiger partial charge on any atom is -0.493 e. The molecule has 1 aliphatic heterocycles. The molecule has 3 aromatic rings. The zero-order valence-corrected chi connectivity index (χ0v) is 16.0. The van der Waals surface area contributed by atoms with E-state index in [0.29, 0.717) is 36.2 Å². The Morgan fingerprint density at radius 1 is 1.07 bits per heavy atom. The standard InChI is InChI=1S/C21H21N3O4/c1-13-4-6-14(7-5-13)21-22-20(23-28-21)15-10-19(25)24(12-15)16-8-9-17(26-2)18(11-16)27-3/h4-9,11,15H,10,12H2,1-3H3/t15-/m0/s1. The molecule has 0 spiro atoms. The van der Waals surface area contributed by atoms with Crippen LogP contribution in [0.1, 0.15) is 23.7 Å². The molecule has 0 radical (unpaired) electrons. The lowest BCUT2D eigenvalue weighted by molar-refractivity contribution is -0.117. The molecule has 1 amide bonds. The highest BCUT2D eigenvalue weighted by atomic mass is 16.5. The summed E-state index contributed by atoms with van der Waals surface area (Å²) >= 11 is 0. The molecule has 4 rings (SSSR count). The van der Waals surface area contributed by atoms with E-state index in [0.717, 1.165) is 16.8 Å². The molecule has 2 aromatic carbocycles. The van der Waals surface area contributed by atoms with E-state index < -0.39 is 0 Å². The fraction of sp³-hybridized carbons (Fsp3) is 0.286. The molecular formula is C21H21N3O4. The van der Waals surface area contributed by atoms with Gasteiger partial charge in [-0.2, -0.15) is 4.98 Å². The predicted octanol–water partition coefficient (Wildman–Crippen LogP) is 3.58. The van der Waals surface area contributed by atoms with Gasteiger partial charge in [-0.3, -0.25) is 4.79 Å². The Morgan fingerprint density at radius 2 is 1.82 bits per heavy atom. The molecule has 1 saturated heterocycles. The Kier molecular flexibility index (Phi) is 4.73. The molecule has 1 atom stereocenters. The second kappa shape index (κ2) is 7.34. The molecule has 0 saturated carbocycles. The summed E-state index contributed by atoms with van der Waals surface area (Å²) < 4.78 is 16.0. The monoisotopic (exact) mass is 379 g/mol. The van der Waals surface area contributed by atoms with Crippen LogP contribution in [0, 0.1) is 6.92 Å². The van der Waals surface area contributed by atoms with E-state index in [1.165, 1.54) is 0 Å². The van der Waals surface area contributed by atoms with Gasteiger partial charge in [0.15, 0.2) is 17.3 Å². The maximum absolute atomic E-state index is 12.6. The summed E-state index contributed by atoms with van der Waals surface area (Å²) in [5.41, 5.74) is 2.79. The summed E-state index contributed by atoms with van der Waals surface area (Å²) in [7, 11) is 3.15. The summed E-state index contributed by atoms with van der Waals surface area (Å²) in [6.07, 6.45) is 0.335. The van der Waals surface area contributed by atoms with Crippen molar-refractivity contribution in [1.82, 2.24) is 10.1 Å². The van der Waals surface area contributed by atoms with Gasteiger partial charge in [-0.25, -0.2) is 0 Å². The van der Waals surface area contributed by atoms with Crippen molar-refractivity contribution in [3.05, 3.63) is 53.9 Å². The van der Waals surface area contributed by atoms with Crippen molar-refractivity contribution >= 4 is 11.6 Å². The fourth-order valence-electron chi connectivity index (χ4n) is 3.34. The highest BCUT2D eigenvalue weighted by Gasteiger charge is 2.35. The Balaban J connectivity index is 1.55. The Labute approximate surface area is 162 Å². The van der Waals surface area contributed by atoms with Crippen molar-refractivity contribution in [2.45, 2.75) is 19.3 Å². The highest BCUT2D eigenvalue weighted by molar-refractivity contribution is 5.96. The molecular weight excluding hydrogens is 358 g/mol. The molecule has 0 bridgehead atoms. The van der Waals surface area contributed by atoms with Gasteiger partial charge in [0.1, 0.15) is 0 Å². The van der Waals surface area contributed by atoms with Crippen LogP contribution in [0.25, 0.3) is 11.5 Å². The van der Waals surface area contributed by atoms with Crippen molar-refractivity contribution in [3.8, 4) is 23.0 Å². The topological polar surface area (TPSA) is 77.7 Å². The van der Waals surface area contributed by atoms with Gasteiger partial charge >= 0.3 is 0 Å². The number of aromatic nitrogens is 2. The molecule has 2 heterocycles. The van der Waals surface area contributed by atoms with Crippen LogP contribution >= 0.6 is 0 Å². The normalized spacial score (nSPS) is 16.5. The maximum Gasteiger partial charge on any atom is 0.257 e. The summed E-state index contributed by atoms with van der Waals surface area (Å²) in [6, 6.07) is 13.3. The van der Waals surface area contributed by atoms with Gasteiger partial charge in [-0.15, -0.1) is 0 Å². The van der Waals surface area contributed by atoms with Crippen LogP contribution in [-0.4, -0.2) is 36.8 Å². The summed E-state index contributed by atoms with van der Waals surface area (Å²) in [5, 5.41) is 4.11. The zero-order chi connectivity index (χ0) is 19.7. The van der Waals surface area contributed by atoms with Crippen LogP contribution in [0.2, 0.25) is 0 Å². The molecule has 144 valence electrons. The quantitative estimate of drug-likeness (QED) is 0.674. The molecule has 1 fully saturated rings. The molecule has 0 aliphatic carbocycles. The van der Waals surface area contributed by atoms with Crippen molar-refractivity contribution < 1.29 is 18.8 Å². The van der Waals surface area contributed by atoms with Crippen molar-refractivity contribution in [3.63, 3.8) is 0 Å². The highest BCUT2D eigenvalue weighted by Crippen LogP contribution is 2.36. The van der Waals surface area contributed by atoms with Crippen LogP contribution in [0.15, 0.2) is 47.0 Å². The lowest BCUT2D eigenvalue weighted by Gasteiger charge is -2.18. The Bertz CT molecular complexity index is 997. The first-order chi connectivity index (χ1) is 13.6. The van der Waals surface area contributed by atoms with Crippen LogP contribution in [0.5, 0.6) is 11.5 Å². The molecule has 1 aromatic heterocycles. The molecule has 1 aliphatic rings. The number of anilines is 1. The molecule has 0 N–H and O–H groups in total. The number of carbonyl (C=O) groups is 1. The van der Waals surface area contributed by atoms with Gasteiger partial charge in [0.05, 0.1) is 14.2 Å². The minimum atomic E-state index is -0.122. The Hall–Kier alpha value is -3.35. The average molecular weight is 379 g/mol. The van der Waals surface area contributed by atoms with Gasteiger partial charge in [0.2, 0.25) is 5.91 Å². The van der Waals surface area contributed by atoms with Crippen molar-refractivity contribution in [1.29, 1.82) is 0 Å². The Morgan fingerprint density at radius 3 is 2.54 bits per heavy atom. The number of hydrogen-bond acceptors (Lipinski definition) is 6. The van der Waals surface area contributed by atoms with Gasteiger partial charge in [0, 0.05) is 36.2 Å². The number of ether oxygens (including phenoxy) is 2. The average Bonchev–Trinajstić information content (AvgIpc) is 3.35. The summed E-state index contributed by atoms with van der Waals surface area (Å²) in [6.45, 7) is 2.51. The van der Waals surface area contributed by atoms with Crippen LogP contribution < -0.4 is 14.4 Å². The van der Waals surface area contributed by atoms with Crippen LogP contribution in [0.3, 0.4) is 0 Å². The SMILES string of the molecule is COc1ccc(N2C[C@@H](c3noc(-c4ccc(C)cc4)n3)CC2=O)cc1OC. The van der Waals surface area contributed by atoms with E-state index in [9.17, 15) is 4.79 Å². The minimum absolute atomic E-state index is 0.0129. The van der Waals surface area contributed by atoms with Crippen molar-refractivity contribution in [2.75, 3.05) is 25.7 Å². The number of benzene rings is 2. The van der Waals surface area contributed by atoms with E-state index >= 15 is 0 Å². The van der Waals surface area contributed by atoms with E-state index in [4.69, 9.17) is 14.0 Å². The first-order valence-electron chi connectivity index (χ1n) is 9.02. The van der Waals surface area contributed by atoms with E-state index in [2.05, 4.69) is 10.1 Å². The first kappa shape index (κ1) is 18.0. The van der Waals surface area contributed by atoms with Crippen molar-refractivity contribution in [2.24, 2.45) is 0 Å². The number of methoxy groups -OCH3 is 2. The number of rotatable bonds is 5. The van der Waals surface area contributed by atoms with E-state index in [1.807, 2.05) is 37.3 Å². The second-order valence-corrected chi connectivity index (χ2v) is 6.77. The molecule has 0 unspecified atom stereocenters. The largest absolute Gasteiger partial charge is 0.493 e. The third-order valence-electron chi connectivity index (χ3n) is 4.91. The van der Waals surface area contributed by atoms with Gasteiger partial charge in [-0.05, 0) is 31.2 Å². The van der Waals surface area contributed by atoms with E-state index in [-0.39, 0.29) is 11.8 Å². The molecule has 7 nitrogen and oxygen atoms in total. The van der Waals surface area contributed by atoms with Gasteiger partial charge < -0.3 is 18.9 Å². The number of carbonyl (C=O) groups excluding carboxylic acids is 1. The third kappa shape index (κ3) is 3.31. The lowest BCUT2D eigenvalue weighted by Crippen LogP contribution is -2.24. The number of amides is 1. The smallest absolute Gasteiger partial charge is 0.257 e. The molecule has 7 heteroatoms. The molecule has 28 heavy (non-hydrogen) atoms. The summed E-state index contributed by atoms with van der Waals surface area (Å²) in [4.78, 5) is 18.8. The maximum atomic E-state index is 12.6. The van der Waals surface area contributed by atoms with Crippen LogP contribution in [0.4, 0.5) is 5.69 Å². The third-order valence-corrected chi connectivity index (χ3v) is 4.91. The summed E-state index contributed by atoms with van der Waals surface area (Å²) in [5.74, 6) is 2.11. The lowest BCUT2D eigenvalue weighted by atomic mass is 10.1. The van der Waals surface area contributed by atoms with E-state index in [1.54, 1.807) is 31.3 Å². The van der Waals surface area contributed by atoms with Gasteiger partial charge in [-0.1, -0.05) is 22.9 Å². The number of hydrogen-bond donors (Lipinski definition) is 0. The number of nitrogens with zero attached hydrogens (tertiary/aromatic N) is 3. The predicted molar refractivity (Wildman–Crippen MR) is 104 cm³/mol. The van der Waals surface area contributed by atoms with Crippen LogP contribution in [-0.2, 0) is 4.79 Å². The van der Waals surface area contributed by atoms with Gasteiger partial charge in [0.25, 0.3) is 5.89 Å². The zero-order valence-electron chi connectivity index (χ0n) is 16.0. The fourth-order valence-corrected chi connectivity index (χ4v) is 3.34. The first-order valence-corrected chi connectivity index (χ1v) is 9.02.